The normalized spacial score (nSPS) is 22.4. The lowest BCUT2D eigenvalue weighted by atomic mass is 9.92. The van der Waals surface area contributed by atoms with Crippen LogP contribution >= 0.6 is 0 Å². The van der Waals surface area contributed by atoms with E-state index in [2.05, 4.69) is 9.88 Å². The van der Waals surface area contributed by atoms with Crippen LogP contribution in [0.5, 0.6) is 0 Å². The number of aliphatic hydroxyl groups excluding tert-OH is 1. The van der Waals surface area contributed by atoms with E-state index in [9.17, 15) is 9.90 Å². The molecule has 198 valence electrons. The lowest BCUT2D eigenvalue weighted by Crippen LogP contribution is -2.48. The summed E-state index contributed by atoms with van der Waals surface area (Å²) in [6, 6.07) is 9.28. The molecule has 1 aliphatic carbocycles. The summed E-state index contributed by atoms with van der Waals surface area (Å²) in [7, 11) is 1.82. The molecule has 0 radical (unpaired) electrons. The molecular formula is C29H33FN6O2. The van der Waals surface area contributed by atoms with Gasteiger partial charge in [0.25, 0.3) is 5.91 Å². The van der Waals surface area contributed by atoms with E-state index < -0.39 is 11.9 Å². The van der Waals surface area contributed by atoms with Gasteiger partial charge in [0.1, 0.15) is 17.0 Å². The standard InChI is InChI=1S/C29H33FN6O2/c1-16(37)22-6-5-19-13-25(36(27(19)32-22)14-17-3-4-17)28-33-23-12-20(11-21(30)26(23)34(28)2)29(38)35-10-8-18-7-9-31-24(18)15-35/h5-6,11-13,16-18,24,31,37H,3-4,7-10,14-15H2,1-2H3/t16?,18-,24+/m0/s1. The predicted octanol–water partition coefficient (Wildman–Crippen LogP) is 4.02. The number of hydrogen-bond acceptors (Lipinski definition) is 5. The molecule has 38 heavy (non-hydrogen) atoms. The Hall–Kier alpha value is -3.30. The van der Waals surface area contributed by atoms with Crippen LogP contribution in [0.3, 0.4) is 0 Å². The second kappa shape index (κ2) is 8.88. The fraction of sp³-hybridized carbons (Fsp3) is 0.483. The second-order valence-corrected chi connectivity index (χ2v) is 11.4. The molecule has 3 fully saturated rings. The number of fused-ring (bicyclic) bond motifs is 3. The molecule has 2 aliphatic heterocycles. The van der Waals surface area contributed by atoms with E-state index in [1.807, 2.05) is 30.1 Å². The molecule has 2 N–H and O–H groups in total. The first-order valence-electron chi connectivity index (χ1n) is 13.7. The highest BCUT2D eigenvalue weighted by atomic mass is 19.1. The fourth-order valence-corrected chi connectivity index (χ4v) is 6.35. The molecule has 3 atom stereocenters. The smallest absolute Gasteiger partial charge is 0.254 e. The van der Waals surface area contributed by atoms with Crippen LogP contribution in [-0.4, -0.2) is 60.7 Å². The Morgan fingerprint density at radius 2 is 2.03 bits per heavy atom. The number of piperidine rings is 1. The van der Waals surface area contributed by atoms with Crippen molar-refractivity contribution in [3.63, 3.8) is 0 Å². The van der Waals surface area contributed by atoms with Gasteiger partial charge in [-0.05, 0) is 81.3 Å². The van der Waals surface area contributed by atoms with Gasteiger partial charge in [-0.25, -0.2) is 14.4 Å². The number of likely N-dealkylation sites (tertiary alicyclic amines) is 1. The van der Waals surface area contributed by atoms with Crippen LogP contribution in [0.4, 0.5) is 4.39 Å². The zero-order valence-electron chi connectivity index (χ0n) is 21.8. The van der Waals surface area contributed by atoms with Crippen LogP contribution < -0.4 is 5.32 Å². The predicted molar refractivity (Wildman–Crippen MR) is 143 cm³/mol. The van der Waals surface area contributed by atoms with E-state index in [0.29, 0.717) is 59.1 Å². The van der Waals surface area contributed by atoms with Gasteiger partial charge in [-0.3, -0.25) is 4.79 Å². The fourth-order valence-electron chi connectivity index (χ4n) is 6.35. The summed E-state index contributed by atoms with van der Waals surface area (Å²) in [6.07, 6.45) is 3.83. The number of amides is 1. The summed E-state index contributed by atoms with van der Waals surface area (Å²) < 4.78 is 19.5. The van der Waals surface area contributed by atoms with Crippen molar-refractivity contribution in [3.8, 4) is 11.5 Å². The van der Waals surface area contributed by atoms with E-state index in [4.69, 9.17) is 9.97 Å². The van der Waals surface area contributed by atoms with Crippen molar-refractivity contribution in [2.45, 2.75) is 51.3 Å². The number of halogens is 1. The van der Waals surface area contributed by atoms with Crippen molar-refractivity contribution >= 4 is 28.0 Å². The van der Waals surface area contributed by atoms with E-state index in [-0.39, 0.29) is 5.91 Å². The van der Waals surface area contributed by atoms with Crippen LogP contribution in [0, 0.1) is 17.7 Å². The molecule has 2 saturated heterocycles. The first kappa shape index (κ1) is 23.8. The number of carbonyl (C=O) groups is 1. The first-order valence-corrected chi connectivity index (χ1v) is 13.7. The lowest BCUT2D eigenvalue weighted by Gasteiger charge is -2.35. The van der Waals surface area contributed by atoms with Gasteiger partial charge < -0.3 is 24.5 Å². The number of aliphatic hydroxyl groups is 1. The van der Waals surface area contributed by atoms with E-state index in [1.54, 1.807) is 17.6 Å². The third kappa shape index (κ3) is 3.91. The van der Waals surface area contributed by atoms with Gasteiger partial charge in [-0.2, -0.15) is 0 Å². The van der Waals surface area contributed by atoms with Crippen LogP contribution in [0.15, 0.2) is 30.3 Å². The van der Waals surface area contributed by atoms with E-state index in [0.717, 1.165) is 42.7 Å². The number of nitrogens with zero attached hydrogens (tertiary/aromatic N) is 5. The molecule has 4 aromatic rings. The molecule has 9 heteroatoms. The Morgan fingerprint density at radius 1 is 1.18 bits per heavy atom. The van der Waals surface area contributed by atoms with Gasteiger partial charge in [0.15, 0.2) is 5.82 Å². The molecular weight excluding hydrogens is 483 g/mol. The first-order chi connectivity index (χ1) is 18.4. The van der Waals surface area contributed by atoms with Gasteiger partial charge in [0, 0.05) is 43.7 Å². The van der Waals surface area contributed by atoms with Crippen molar-refractivity contribution in [1.82, 2.24) is 29.3 Å². The van der Waals surface area contributed by atoms with Gasteiger partial charge in [-0.1, -0.05) is 0 Å². The Morgan fingerprint density at radius 3 is 2.82 bits per heavy atom. The third-order valence-corrected chi connectivity index (χ3v) is 8.69. The number of hydrogen-bond donors (Lipinski definition) is 2. The number of nitrogens with one attached hydrogen (secondary N) is 1. The van der Waals surface area contributed by atoms with Gasteiger partial charge in [-0.15, -0.1) is 0 Å². The van der Waals surface area contributed by atoms with Crippen molar-refractivity contribution in [2.24, 2.45) is 18.9 Å². The zero-order chi connectivity index (χ0) is 26.1. The van der Waals surface area contributed by atoms with Gasteiger partial charge in [0.2, 0.25) is 0 Å². The van der Waals surface area contributed by atoms with E-state index >= 15 is 4.39 Å². The Kier molecular flexibility index (Phi) is 5.56. The SMILES string of the molecule is CC(O)c1ccc2cc(-c3nc4cc(C(=O)N5CC[C@@H]6CCN[C@@H]6C5)cc(F)c4n3C)n(CC3CC3)c2n1. The molecule has 1 unspecified atom stereocenters. The maximum atomic E-state index is 15.6. The Bertz CT molecular complexity index is 1570. The molecule has 3 aliphatic rings. The summed E-state index contributed by atoms with van der Waals surface area (Å²) in [5.41, 5.74) is 3.49. The molecule has 3 aromatic heterocycles. The number of pyridine rings is 1. The van der Waals surface area contributed by atoms with Crippen molar-refractivity contribution in [2.75, 3.05) is 19.6 Å². The highest BCUT2D eigenvalue weighted by molar-refractivity contribution is 5.98. The molecule has 7 rings (SSSR count). The number of imidazole rings is 1. The number of benzene rings is 1. The lowest BCUT2D eigenvalue weighted by molar-refractivity contribution is 0.0669. The van der Waals surface area contributed by atoms with E-state index in [1.165, 1.54) is 18.9 Å². The molecule has 5 heterocycles. The average Bonchev–Trinajstić information content (AvgIpc) is 3.33. The average molecular weight is 517 g/mol. The molecule has 0 spiro atoms. The second-order valence-electron chi connectivity index (χ2n) is 11.4. The largest absolute Gasteiger partial charge is 0.387 e. The third-order valence-electron chi connectivity index (χ3n) is 8.69. The maximum absolute atomic E-state index is 15.6. The molecule has 1 aromatic carbocycles. The summed E-state index contributed by atoms with van der Waals surface area (Å²) in [6.45, 7) is 4.89. The quantitative estimate of drug-likeness (QED) is 0.419. The summed E-state index contributed by atoms with van der Waals surface area (Å²) in [5.74, 6) is 1.26. The van der Waals surface area contributed by atoms with Crippen LogP contribution in [-0.2, 0) is 13.6 Å². The minimum absolute atomic E-state index is 0.136. The summed E-state index contributed by atoms with van der Waals surface area (Å²) in [4.78, 5) is 24.9. The summed E-state index contributed by atoms with van der Waals surface area (Å²) in [5, 5.41) is 14.6. The maximum Gasteiger partial charge on any atom is 0.254 e. The van der Waals surface area contributed by atoms with Crippen LogP contribution in [0.2, 0.25) is 0 Å². The molecule has 1 amide bonds. The van der Waals surface area contributed by atoms with Gasteiger partial charge in [0.05, 0.1) is 23.0 Å². The topological polar surface area (TPSA) is 88.2 Å². The molecule has 8 nitrogen and oxygen atoms in total. The van der Waals surface area contributed by atoms with Crippen LogP contribution in [0.25, 0.3) is 33.6 Å². The van der Waals surface area contributed by atoms with Crippen LogP contribution in [0.1, 0.15) is 54.8 Å². The summed E-state index contributed by atoms with van der Waals surface area (Å²) >= 11 is 0. The molecule has 1 saturated carbocycles. The van der Waals surface area contributed by atoms with Crippen molar-refractivity contribution < 1.29 is 14.3 Å². The number of aryl methyl sites for hydroxylation is 1. The van der Waals surface area contributed by atoms with Crippen molar-refractivity contribution in [3.05, 3.63) is 47.4 Å². The number of rotatable bonds is 5. The van der Waals surface area contributed by atoms with Crippen molar-refractivity contribution in [1.29, 1.82) is 0 Å². The highest BCUT2D eigenvalue weighted by Crippen LogP contribution is 2.37. The minimum Gasteiger partial charge on any atom is -0.387 e. The monoisotopic (exact) mass is 516 g/mol. The minimum atomic E-state index is -0.664. The molecule has 0 bridgehead atoms. The Balaban J connectivity index is 1.29. The Labute approximate surface area is 220 Å². The zero-order valence-corrected chi connectivity index (χ0v) is 21.8. The van der Waals surface area contributed by atoms with Gasteiger partial charge >= 0.3 is 0 Å². The number of aromatic nitrogens is 4. The number of carbonyl (C=O) groups excluding carboxylic acids is 1. The highest BCUT2D eigenvalue weighted by Gasteiger charge is 2.35.